The molecule has 2 aromatic carbocycles. The van der Waals surface area contributed by atoms with Crippen LogP contribution >= 0.6 is 0 Å². The molecule has 110 valence electrons. The molecule has 0 fully saturated rings. The van der Waals surface area contributed by atoms with Crippen molar-refractivity contribution in [2.75, 3.05) is 0 Å². The predicted molar refractivity (Wildman–Crippen MR) is 84.5 cm³/mol. The van der Waals surface area contributed by atoms with E-state index in [1.807, 2.05) is 12.4 Å². The largest absolute Gasteiger partial charge is 0.221 e. The van der Waals surface area contributed by atoms with Crippen molar-refractivity contribution < 1.29 is 0 Å². The zero-order chi connectivity index (χ0) is 15.2. The quantitative estimate of drug-likeness (QED) is 0.502. The molecule has 4 aromatic rings. The molecule has 0 atom stereocenters. The van der Waals surface area contributed by atoms with Gasteiger partial charge in [-0.25, -0.2) is 9.36 Å². The predicted octanol–water partition coefficient (Wildman–Crippen LogP) is 2.42. The number of rotatable bonds is 2. The molecule has 6 heteroatoms. The van der Waals surface area contributed by atoms with Gasteiger partial charge in [0.15, 0.2) is 0 Å². The molecule has 0 spiro atoms. The summed E-state index contributed by atoms with van der Waals surface area (Å²) in [6.45, 7) is 0. The van der Waals surface area contributed by atoms with Gasteiger partial charge in [0.1, 0.15) is 0 Å². The van der Waals surface area contributed by atoms with Crippen LogP contribution in [0.4, 0.5) is 0 Å². The number of nitrogens with zero attached hydrogens (tertiary/aromatic N) is 6. The lowest BCUT2D eigenvalue weighted by Gasteiger charge is -2.05. The molecule has 0 radical (unpaired) electrons. The van der Waals surface area contributed by atoms with Gasteiger partial charge in [-0.15, -0.1) is 10.2 Å². The second kappa shape index (κ2) is 4.61. The van der Waals surface area contributed by atoms with Gasteiger partial charge in [0, 0.05) is 0 Å². The van der Waals surface area contributed by atoms with Gasteiger partial charge < -0.3 is 0 Å². The second-order valence-corrected chi connectivity index (χ2v) is 5.55. The van der Waals surface area contributed by atoms with Crippen LogP contribution in [0.1, 0.15) is 11.1 Å². The van der Waals surface area contributed by atoms with Crippen molar-refractivity contribution in [2.24, 2.45) is 0 Å². The zero-order valence-corrected chi connectivity index (χ0v) is 12.2. The summed E-state index contributed by atoms with van der Waals surface area (Å²) in [5.74, 6) is 0. The summed E-state index contributed by atoms with van der Waals surface area (Å²) in [5.41, 5.74) is 7.26. The first kappa shape index (κ1) is 12.3. The highest BCUT2D eigenvalue weighted by Gasteiger charge is 2.19. The average Bonchev–Trinajstić information content (AvgIpc) is 3.32. The van der Waals surface area contributed by atoms with E-state index in [4.69, 9.17) is 0 Å². The van der Waals surface area contributed by atoms with E-state index in [-0.39, 0.29) is 0 Å². The SMILES string of the molecule is c1cn(-c2ccc3c(c2)Cc2cc(-n4ccnn4)ccc2-3)nn1. The highest BCUT2D eigenvalue weighted by molar-refractivity contribution is 5.78. The summed E-state index contributed by atoms with van der Waals surface area (Å²) in [4.78, 5) is 0. The van der Waals surface area contributed by atoms with Crippen molar-refractivity contribution in [3.63, 3.8) is 0 Å². The van der Waals surface area contributed by atoms with Crippen LogP contribution in [0.25, 0.3) is 22.5 Å². The molecule has 0 bridgehead atoms. The van der Waals surface area contributed by atoms with Crippen molar-refractivity contribution in [1.82, 2.24) is 30.0 Å². The molecule has 0 aliphatic heterocycles. The summed E-state index contributed by atoms with van der Waals surface area (Å²) in [7, 11) is 0. The Morgan fingerprint density at radius 3 is 1.65 bits per heavy atom. The minimum atomic E-state index is 0.912. The lowest BCUT2D eigenvalue weighted by atomic mass is 10.1. The number of aromatic nitrogens is 6. The fourth-order valence-corrected chi connectivity index (χ4v) is 3.16. The maximum Gasteiger partial charge on any atom is 0.0697 e. The normalized spacial score (nSPS) is 12.2. The number of benzene rings is 2. The fraction of sp³-hybridized carbons (Fsp3) is 0.0588. The third kappa shape index (κ3) is 1.88. The van der Waals surface area contributed by atoms with E-state index in [0.717, 1.165) is 17.8 Å². The monoisotopic (exact) mass is 300 g/mol. The van der Waals surface area contributed by atoms with Crippen molar-refractivity contribution in [3.8, 4) is 22.5 Å². The number of hydrogen-bond donors (Lipinski definition) is 0. The van der Waals surface area contributed by atoms with E-state index in [2.05, 4.69) is 57.0 Å². The highest BCUT2D eigenvalue weighted by atomic mass is 15.4. The van der Waals surface area contributed by atoms with E-state index in [9.17, 15) is 0 Å². The first-order valence-corrected chi connectivity index (χ1v) is 7.38. The van der Waals surface area contributed by atoms with Gasteiger partial charge >= 0.3 is 0 Å². The van der Waals surface area contributed by atoms with Crippen molar-refractivity contribution >= 4 is 0 Å². The van der Waals surface area contributed by atoms with Gasteiger partial charge in [-0.2, -0.15) is 0 Å². The lowest BCUT2D eigenvalue weighted by molar-refractivity contribution is 0.801. The third-order valence-electron chi connectivity index (χ3n) is 4.22. The van der Waals surface area contributed by atoms with E-state index in [1.54, 1.807) is 21.8 Å². The van der Waals surface area contributed by atoms with E-state index in [0.29, 0.717) is 0 Å². The van der Waals surface area contributed by atoms with Crippen LogP contribution in [0, 0.1) is 0 Å². The summed E-state index contributed by atoms with van der Waals surface area (Å²) in [6.07, 6.45) is 7.99. The molecule has 0 unspecified atom stereocenters. The van der Waals surface area contributed by atoms with Crippen LogP contribution < -0.4 is 0 Å². The zero-order valence-electron chi connectivity index (χ0n) is 12.2. The van der Waals surface area contributed by atoms with Gasteiger partial charge in [0.2, 0.25) is 0 Å². The van der Waals surface area contributed by atoms with E-state index in [1.165, 1.54) is 22.3 Å². The average molecular weight is 300 g/mol. The molecule has 5 rings (SSSR count). The smallest absolute Gasteiger partial charge is 0.0697 e. The molecule has 1 aliphatic carbocycles. The van der Waals surface area contributed by atoms with Gasteiger partial charge in [0.25, 0.3) is 0 Å². The van der Waals surface area contributed by atoms with Crippen LogP contribution in [-0.4, -0.2) is 30.0 Å². The summed E-state index contributed by atoms with van der Waals surface area (Å²) in [5, 5.41) is 15.9. The lowest BCUT2D eigenvalue weighted by Crippen LogP contribution is -1.96. The van der Waals surface area contributed by atoms with Crippen molar-refractivity contribution in [3.05, 3.63) is 72.3 Å². The molecule has 0 saturated carbocycles. The van der Waals surface area contributed by atoms with Crippen molar-refractivity contribution in [2.45, 2.75) is 6.42 Å². The first-order chi connectivity index (χ1) is 11.4. The molecular formula is C17H12N6. The molecule has 1 aliphatic rings. The van der Waals surface area contributed by atoms with Crippen LogP contribution in [0.2, 0.25) is 0 Å². The molecular weight excluding hydrogens is 288 g/mol. The Kier molecular flexibility index (Phi) is 2.46. The summed E-state index contributed by atoms with van der Waals surface area (Å²) < 4.78 is 3.56. The molecule has 0 amide bonds. The van der Waals surface area contributed by atoms with Gasteiger partial charge in [-0.1, -0.05) is 22.6 Å². The molecule has 0 N–H and O–H groups in total. The Bertz CT molecular complexity index is 904. The minimum Gasteiger partial charge on any atom is -0.221 e. The molecule has 23 heavy (non-hydrogen) atoms. The highest BCUT2D eigenvalue weighted by Crippen LogP contribution is 2.38. The Balaban J connectivity index is 1.58. The van der Waals surface area contributed by atoms with Gasteiger partial charge in [-0.05, 0) is 52.9 Å². The third-order valence-corrected chi connectivity index (χ3v) is 4.22. The molecule has 2 aromatic heterocycles. The van der Waals surface area contributed by atoms with Crippen LogP contribution in [0.3, 0.4) is 0 Å². The van der Waals surface area contributed by atoms with Crippen LogP contribution in [0.5, 0.6) is 0 Å². The van der Waals surface area contributed by atoms with Gasteiger partial charge in [0.05, 0.1) is 36.2 Å². The van der Waals surface area contributed by atoms with Crippen LogP contribution in [-0.2, 0) is 6.42 Å². The molecule has 6 nitrogen and oxygen atoms in total. The summed E-state index contributed by atoms with van der Waals surface area (Å²) in [6, 6.07) is 12.8. The van der Waals surface area contributed by atoms with Crippen molar-refractivity contribution in [1.29, 1.82) is 0 Å². The summed E-state index contributed by atoms with van der Waals surface area (Å²) >= 11 is 0. The van der Waals surface area contributed by atoms with E-state index >= 15 is 0 Å². The second-order valence-electron chi connectivity index (χ2n) is 5.55. The number of hydrogen-bond acceptors (Lipinski definition) is 4. The van der Waals surface area contributed by atoms with Gasteiger partial charge in [-0.3, -0.25) is 0 Å². The standard InChI is InChI=1S/C17H12N6/c1-3-16-12(10-14(1)22-7-5-18-20-22)9-13-11-15(2-4-17(13)16)23-8-6-19-21-23/h1-8,10-11H,9H2. The minimum absolute atomic E-state index is 0.912. The Morgan fingerprint density at radius 1 is 0.696 bits per heavy atom. The molecule has 2 heterocycles. The Morgan fingerprint density at radius 2 is 1.22 bits per heavy atom. The Labute approximate surface area is 132 Å². The van der Waals surface area contributed by atoms with Crippen LogP contribution in [0.15, 0.2) is 61.2 Å². The first-order valence-electron chi connectivity index (χ1n) is 7.38. The maximum atomic E-state index is 4.06. The molecule has 0 saturated heterocycles. The maximum absolute atomic E-state index is 4.06. The van der Waals surface area contributed by atoms with E-state index < -0.39 is 0 Å². The Hall–Kier alpha value is -3.28. The topological polar surface area (TPSA) is 61.4 Å². The fourth-order valence-electron chi connectivity index (χ4n) is 3.16. The number of fused-ring (bicyclic) bond motifs is 3.